The van der Waals surface area contributed by atoms with Gasteiger partial charge in [-0.1, -0.05) is 32.0 Å². The Bertz CT molecular complexity index is 519. The molecule has 0 radical (unpaired) electrons. The zero-order valence-corrected chi connectivity index (χ0v) is 13.7. The Kier molecular flexibility index (Phi) is 6.68. The second-order valence-electron chi connectivity index (χ2n) is 4.59. The van der Waals surface area contributed by atoms with Crippen LogP contribution in [0, 0.1) is 11.7 Å². The second kappa shape index (κ2) is 7.78. The highest BCUT2D eigenvalue weighted by molar-refractivity contribution is 9.10. The molecule has 1 atom stereocenters. The number of hydrogen-bond acceptors (Lipinski definition) is 3. The Balaban J connectivity index is 2.79. The Morgan fingerprint density at radius 2 is 2.10 bits per heavy atom. The SMILES string of the molecule is CCC(C)CCC(=O)Sc1cc(C(=O)O)c(F)cc1Br. The number of carbonyl (C=O) groups is 2. The lowest BCUT2D eigenvalue weighted by molar-refractivity contribution is -0.111. The van der Waals surface area contributed by atoms with E-state index in [9.17, 15) is 14.0 Å². The molecule has 3 nitrogen and oxygen atoms in total. The zero-order valence-electron chi connectivity index (χ0n) is 11.3. The molecule has 110 valence electrons. The van der Waals surface area contributed by atoms with E-state index < -0.39 is 17.3 Å². The quantitative estimate of drug-likeness (QED) is 0.743. The number of hydrogen-bond donors (Lipinski definition) is 1. The van der Waals surface area contributed by atoms with E-state index in [0.717, 1.165) is 30.7 Å². The van der Waals surface area contributed by atoms with Crippen molar-refractivity contribution in [2.45, 2.75) is 38.0 Å². The first-order valence-electron chi connectivity index (χ1n) is 6.28. The lowest BCUT2D eigenvalue weighted by Gasteiger charge is -2.08. The van der Waals surface area contributed by atoms with Crippen LogP contribution in [0.5, 0.6) is 0 Å². The highest BCUT2D eigenvalue weighted by atomic mass is 79.9. The van der Waals surface area contributed by atoms with Gasteiger partial charge >= 0.3 is 5.97 Å². The van der Waals surface area contributed by atoms with Crippen LogP contribution in [-0.2, 0) is 4.79 Å². The van der Waals surface area contributed by atoms with Crippen LogP contribution < -0.4 is 0 Å². The summed E-state index contributed by atoms with van der Waals surface area (Å²) in [7, 11) is 0. The summed E-state index contributed by atoms with van der Waals surface area (Å²) in [5, 5.41) is 8.83. The average molecular weight is 363 g/mol. The fraction of sp³-hybridized carbons (Fsp3) is 0.429. The molecule has 0 aromatic heterocycles. The number of benzene rings is 1. The summed E-state index contributed by atoms with van der Waals surface area (Å²) < 4.78 is 13.8. The third kappa shape index (κ3) is 4.90. The van der Waals surface area contributed by atoms with Crippen molar-refractivity contribution in [2.24, 2.45) is 5.92 Å². The van der Waals surface area contributed by atoms with Crippen molar-refractivity contribution in [2.75, 3.05) is 0 Å². The van der Waals surface area contributed by atoms with E-state index in [2.05, 4.69) is 29.8 Å². The smallest absolute Gasteiger partial charge is 0.338 e. The second-order valence-corrected chi connectivity index (χ2v) is 6.55. The minimum Gasteiger partial charge on any atom is -0.478 e. The van der Waals surface area contributed by atoms with Crippen LogP contribution in [0.2, 0.25) is 0 Å². The first-order valence-corrected chi connectivity index (χ1v) is 7.89. The molecule has 6 heteroatoms. The van der Waals surface area contributed by atoms with Gasteiger partial charge < -0.3 is 5.11 Å². The molecular formula is C14H16BrFO3S. The molecule has 0 fully saturated rings. The molecule has 0 aliphatic rings. The summed E-state index contributed by atoms with van der Waals surface area (Å²) in [5.41, 5.74) is -0.426. The van der Waals surface area contributed by atoms with Crippen molar-refractivity contribution in [3.63, 3.8) is 0 Å². The van der Waals surface area contributed by atoms with Gasteiger partial charge in [0.1, 0.15) is 5.82 Å². The first kappa shape index (κ1) is 17.2. The number of aromatic carboxylic acids is 1. The number of rotatable bonds is 6. The highest BCUT2D eigenvalue weighted by Crippen LogP contribution is 2.32. The maximum atomic E-state index is 13.4. The molecule has 20 heavy (non-hydrogen) atoms. The van der Waals surface area contributed by atoms with Gasteiger partial charge in [0.05, 0.1) is 5.56 Å². The van der Waals surface area contributed by atoms with Gasteiger partial charge in [-0.3, -0.25) is 4.79 Å². The van der Waals surface area contributed by atoms with Crippen molar-refractivity contribution in [3.8, 4) is 0 Å². The molecule has 1 rings (SSSR count). The van der Waals surface area contributed by atoms with E-state index >= 15 is 0 Å². The normalized spacial score (nSPS) is 12.2. The predicted octanol–water partition coefficient (Wildman–Crippen LogP) is 4.73. The number of carboxylic acid groups (broad SMARTS) is 1. The molecule has 1 aromatic rings. The Hall–Kier alpha value is -0.880. The molecule has 0 saturated carbocycles. The number of carboxylic acids is 1. The minimum atomic E-state index is -1.34. The Morgan fingerprint density at radius 3 is 2.65 bits per heavy atom. The van der Waals surface area contributed by atoms with E-state index in [4.69, 9.17) is 5.11 Å². The van der Waals surface area contributed by atoms with Gasteiger partial charge in [0, 0.05) is 15.8 Å². The van der Waals surface area contributed by atoms with Crippen molar-refractivity contribution in [1.29, 1.82) is 0 Å². The van der Waals surface area contributed by atoms with E-state index in [1.54, 1.807) is 0 Å². The fourth-order valence-corrected chi connectivity index (χ4v) is 2.87. The molecule has 0 spiro atoms. The number of halogens is 2. The first-order chi connectivity index (χ1) is 9.35. The predicted molar refractivity (Wildman–Crippen MR) is 80.6 cm³/mol. The maximum absolute atomic E-state index is 13.4. The van der Waals surface area contributed by atoms with E-state index in [1.807, 2.05) is 0 Å². The van der Waals surface area contributed by atoms with Gasteiger partial charge in [-0.25, -0.2) is 9.18 Å². The molecule has 0 aliphatic heterocycles. The summed E-state index contributed by atoms with van der Waals surface area (Å²) in [6.45, 7) is 4.15. The van der Waals surface area contributed by atoms with Crippen molar-refractivity contribution >= 4 is 38.8 Å². The van der Waals surface area contributed by atoms with E-state index in [-0.39, 0.29) is 5.12 Å². The van der Waals surface area contributed by atoms with Crippen molar-refractivity contribution in [1.82, 2.24) is 0 Å². The molecule has 0 aliphatic carbocycles. The monoisotopic (exact) mass is 362 g/mol. The van der Waals surface area contributed by atoms with E-state index in [0.29, 0.717) is 21.7 Å². The Labute approximate surface area is 130 Å². The topological polar surface area (TPSA) is 54.4 Å². The lowest BCUT2D eigenvalue weighted by atomic mass is 10.0. The summed E-state index contributed by atoms with van der Waals surface area (Å²) >= 11 is 4.09. The molecule has 0 bridgehead atoms. The molecule has 1 unspecified atom stereocenters. The lowest BCUT2D eigenvalue weighted by Crippen LogP contribution is -2.02. The van der Waals surface area contributed by atoms with Crippen molar-refractivity contribution in [3.05, 3.63) is 28.0 Å². The molecular weight excluding hydrogens is 347 g/mol. The third-order valence-electron chi connectivity index (χ3n) is 3.01. The van der Waals surface area contributed by atoms with Crippen LogP contribution >= 0.6 is 27.7 Å². The van der Waals surface area contributed by atoms with Crippen LogP contribution in [0.4, 0.5) is 4.39 Å². The number of thioether (sulfide) groups is 1. The summed E-state index contributed by atoms with van der Waals surface area (Å²) in [6, 6.07) is 2.27. The minimum absolute atomic E-state index is 0.0473. The van der Waals surface area contributed by atoms with Gasteiger partial charge in [0.15, 0.2) is 5.12 Å². The summed E-state index contributed by atoms with van der Waals surface area (Å²) in [4.78, 5) is 23.2. The molecule has 1 N–H and O–H groups in total. The molecule has 0 heterocycles. The Morgan fingerprint density at radius 1 is 1.45 bits per heavy atom. The van der Waals surface area contributed by atoms with Crippen LogP contribution in [0.15, 0.2) is 21.5 Å². The van der Waals surface area contributed by atoms with Gasteiger partial charge in [-0.2, -0.15) is 0 Å². The van der Waals surface area contributed by atoms with Crippen LogP contribution in [0.3, 0.4) is 0 Å². The molecule has 1 aromatic carbocycles. The van der Waals surface area contributed by atoms with Crippen molar-refractivity contribution < 1.29 is 19.1 Å². The van der Waals surface area contributed by atoms with E-state index in [1.165, 1.54) is 6.07 Å². The fourth-order valence-electron chi connectivity index (χ4n) is 1.51. The van der Waals surface area contributed by atoms with Crippen LogP contribution in [0.25, 0.3) is 0 Å². The standard InChI is InChI=1S/C14H16BrFO3S/c1-3-8(2)4-5-13(17)20-12-6-9(14(18)19)11(16)7-10(12)15/h6-8H,3-5H2,1-2H3,(H,18,19). The van der Waals surface area contributed by atoms with Crippen LogP contribution in [0.1, 0.15) is 43.5 Å². The zero-order chi connectivity index (χ0) is 15.3. The van der Waals surface area contributed by atoms with Gasteiger partial charge in [-0.15, -0.1) is 0 Å². The molecule has 0 saturated heterocycles. The summed E-state index contributed by atoms with van der Waals surface area (Å²) in [6.07, 6.45) is 2.24. The molecule has 0 amide bonds. The maximum Gasteiger partial charge on any atom is 0.338 e. The van der Waals surface area contributed by atoms with Gasteiger partial charge in [0.2, 0.25) is 0 Å². The summed E-state index contributed by atoms with van der Waals surface area (Å²) in [5.74, 6) is -1.68. The third-order valence-corrected chi connectivity index (χ3v) is 4.92. The largest absolute Gasteiger partial charge is 0.478 e. The average Bonchev–Trinajstić information content (AvgIpc) is 2.38. The number of carbonyl (C=O) groups excluding carboxylic acids is 1. The van der Waals surface area contributed by atoms with Gasteiger partial charge in [0.25, 0.3) is 0 Å². The van der Waals surface area contributed by atoms with Crippen LogP contribution in [-0.4, -0.2) is 16.2 Å². The van der Waals surface area contributed by atoms with Gasteiger partial charge in [-0.05, 0) is 40.4 Å². The highest BCUT2D eigenvalue weighted by Gasteiger charge is 2.16.